The number of anilines is 2. The molecule has 0 amide bonds. The summed E-state index contributed by atoms with van der Waals surface area (Å²) in [4.78, 5) is 0. The molecule has 4 rings (SSSR count). The van der Waals surface area contributed by atoms with Crippen molar-refractivity contribution in [3.05, 3.63) is 108 Å². The van der Waals surface area contributed by atoms with Gasteiger partial charge in [-0.25, -0.2) is 0 Å². The topological polar surface area (TPSA) is 70.5 Å². The number of benzene rings is 4. The Labute approximate surface area is 202 Å². The lowest BCUT2D eigenvalue weighted by Gasteiger charge is -2.38. The summed E-state index contributed by atoms with van der Waals surface area (Å²) in [6.07, 6.45) is 0.973. The molecular weight excluding hydrogens is 420 g/mol. The molecule has 0 aliphatic rings. The summed E-state index contributed by atoms with van der Waals surface area (Å²) >= 11 is 0. The second kappa shape index (κ2) is 9.92. The molecule has 174 valence electrons. The van der Waals surface area contributed by atoms with Crippen LogP contribution in [0.1, 0.15) is 38.3 Å². The predicted molar refractivity (Wildman–Crippen MR) is 141 cm³/mol. The third-order valence-electron chi connectivity index (χ3n) is 6.51. The fourth-order valence-corrected chi connectivity index (χ4v) is 4.63. The minimum atomic E-state index is -0.126. The van der Waals surface area contributed by atoms with Crippen LogP contribution in [-0.2, 0) is 5.41 Å². The lowest BCUT2D eigenvalue weighted by molar-refractivity contribution is 0.357. The van der Waals surface area contributed by atoms with Crippen molar-refractivity contribution in [1.29, 1.82) is 0 Å². The Morgan fingerprint density at radius 3 is 1.12 bits per heavy atom. The molecule has 34 heavy (non-hydrogen) atoms. The van der Waals surface area contributed by atoms with Gasteiger partial charge in [-0.1, -0.05) is 45.0 Å². The molecule has 0 aromatic heterocycles. The van der Waals surface area contributed by atoms with Crippen LogP contribution in [0.3, 0.4) is 0 Å². The molecule has 4 aromatic carbocycles. The Hall–Kier alpha value is -3.92. The van der Waals surface area contributed by atoms with E-state index in [0.717, 1.165) is 40.8 Å². The normalized spacial score (nSPS) is 11.4. The van der Waals surface area contributed by atoms with Gasteiger partial charge in [-0.05, 0) is 96.3 Å². The fourth-order valence-electron chi connectivity index (χ4n) is 4.63. The highest BCUT2D eigenvalue weighted by molar-refractivity contribution is 5.47. The SMILES string of the molecule is CCC(c1ccc(Oc2ccc(N)cc2)cc1)(c1ccc(Oc2ccc(N)cc2)cc1)C(C)C. The van der Waals surface area contributed by atoms with Gasteiger partial charge in [0.1, 0.15) is 23.0 Å². The molecule has 0 radical (unpaired) electrons. The second-order valence-corrected chi connectivity index (χ2v) is 8.87. The van der Waals surface area contributed by atoms with Crippen LogP contribution in [0.25, 0.3) is 0 Å². The van der Waals surface area contributed by atoms with Gasteiger partial charge in [0.15, 0.2) is 0 Å². The average molecular weight is 453 g/mol. The van der Waals surface area contributed by atoms with Gasteiger partial charge in [0.05, 0.1) is 0 Å². The molecule has 0 atom stereocenters. The highest BCUT2D eigenvalue weighted by Gasteiger charge is 2.35. The maximum absolute atomic E-state index is 6.00. The van der Waals surface area contributed by atoms with Crippen LogP contribution in [0, 0.1) is 5.92 Å². The molecule has 0 aliphatic heterocycles. The summed E-state index contributed by atoms with van der Waals surface area (Å²) in [7, 11) is 0. The minimum absolute atomic E-state index is 0.126. The smallest absolute Gasteiger partial charge is 0.127 e. The summed E-state index contributed by atoms with van der Waals surface area (Å²) in [5, 5.41) is 0. The van der Waals surface area contributed by atoms with E-state index in [9.17, 15) is 0 Å². The number of hydrogen-bond donors (Lipinski definition) is 2. The van der Waals surface area contributed by atoms with E-state index in [1.165, 1.54) is 11.1 Å². The highest BCUT2D eigenvalue weighted by Crippen LogP contribution is 2.43. The maximum Gasteiger partial charge on any atom is 0.127 e. The zero-order valence-electron chi connectivity index (χ0n) is 20.0. The molecule has 0 saturated heterocycles. The van der Waals surface area contributed by atoms with Gasteiger partial charge < -0.3 is 20.9 Å². The van der Waals surface area contributed by atoms with Gasteiger partial charge >= 0.3 is 0 Å². The zero-order chi connectivity index (χ0) is 24.1. The van der Waals surface area contributed by atoms with E-state index in [2.05, 4.69) is 45.0 Å². The Bertz CT molecular complexity index is 1110. The van der Waals surface area contributed by atoms with Crippen molar-refractivity contribution in [1.82, 2.24) is 0 Å². The number of ether oxygens (including phenoxy) is 2. The van der Waals surface area contributed by atoms with Crippen molar-refractivity contribution in [2.24, 2.45) is 5.92 Å². The Morgan fingerprint density at radius 1 is 0.559 bits per heavy atom. The standard InChI is InChI=1S/C30H32N2O2/c1-4-30(21(2)3,22-5-13-26(14-6-22)33-28-17-9-24(31)10-18-28)23-7-15-27(16-8-23)34-29-19-11-25(32)12-20-29/h5-21H,4,31-32H2,1-3H3. The summed E-state index contributed by atoms with van der Waals surface area (Å²) in [5.41, 5.74) is 15.4. The molecule has 0 unspecified atom stereocenters. The van der Waals surface area contributed by atoms with E-state index in [-0.39, 0.29) is 5.41 Å². The van der Waals surface area contributed by atoms with Crippen LogP contribution in [0.15, 0.2) is 97.1 Å². The Balaban J connectivity index is 1.58. The van der Waals surface area contributed by atoms with Gasteiger partial charge in [0, 0.05) is 16.8 Å². The van der Waals surface area contributed by atoms with Gasteiger partial charge in [0.2, 0.25) is 0 Å². The quantitative estimate of drug-likeness (QED) is 0.268. The summed E-state index contributed by atoms with van der Waals surface area (Å²) in [6, 6.07) is 31.7. The summed E-state index contributed by atoms with van der Waals surface area (Å²) < 4.78 is 12.0. The van der Waals surface area contributed by atoms with Crippen LogP contribution in [-0.4, -0.2) is 0 Å². The predicted octanol–water partition coefficient (Wildman–Crippen LogP) is 7.79. The first-order valence-corrected chi connectivity index (χ1v) is 11.7. The zero-order valence-corrected chi connectivity index (χ0v) is 20.0. The molecule has 0 spiro atoms. The molecule has 0 bridgehead atoms. The van der Waals surface area contributed by atoms with E-state index in [0.29, 0.717) is 5.92 Å². The van der Waals surface area contributed by atoms with Gasteiger partial charge in [-0.3, -0.25) is 0 Å². The Morgan fingerprint density at radius 2 is 0.853 bits per heavy atom. The maximum atomic E-state index is 6.00. The molecule has 4 nitrogen and oxygen atoms in total. The monoisotopic (exact) mass is 452 g/mol. The summed E-state index contributed by atoms with van der Waals surface area (Å²) in [5.74, 6) is 3.53. The second-order valence-electron chi connectivity index (χ2n) is 8.87. The van der Waals surface area contributed by atoms with E-state index in [4.69, 9.17) is 20.9 Å². The van der Waals surface area contributed by atoms with Crippen LogP contribution >= 0.6 is 0 Å². The molecule has 0 fully saturated rings. The fraction of sp³-hybridized carbons (Fsp3) is 0.200. The third kappa shape index (κ3) is 4.86. The van der Waals surface area contributed by atoms with Gasteiger partial charge in [-0.2, -0.15) is 0 Å². The third-order valence-corrected chi connectivity index (χ3v) is 6.51. The van der Waals surface area contributed by atoms with Crippen molar-refractivity contribution < 1.29 is 9.47 Å². The molecule has 0 heterocycles. The van der Waals surface area contributed by atoms with Crippen LogP contribution in [0.4, 0.5) is 11.4 Å². The van der Waals surface area contributed by atoms with Gasteiger partial charge in [0.25, 0.3) is 0 Å². The summed E-state index contributed by atoms with van der Waals surface area (Å²) in [6.45, 7) is 6.81. The number of nitrogens with two attached hydrogens (primary N) is 2. The van der Waals surface area contributed by atoms with E-state index in [1.807, 2.05) is 72.8 Å². The van der Waals surface area contributed by atoms with E-state index in [1.54, 1.807) is 0 Å². The average Bonchev–Trinajstić information content (AvgIpc) is 2.84. The Kier molecular flexibility index (Phi) is 6.78. The number of nitrogen functional groups attached to an aromatic ring is 2. The van der Waals surface area contributed by atoms with Crippen molar-refractivity contribution in [3.8, 4) is 23.0 Å². The highest BCUT2D eigenvalue weighted by atomic mass is 16.5. The molecule has 0 aliphatic carbocycles. The lowest BCUT2D eigenvalue weighted by atomic mass is 9.65. The van der Waals surface area contributed by atoms with E-state index < -0.39 is 0 Å². The first-order valence-electron chi connectivity index (χ1n) is 11.7. The van der Waals surface area contributed by atoms with Crippen molar-refractivity contribution in [2.75, 3.05) is 11.5 Å². The molecule has 0 saturated carbocycles. The van der Waals surface area contributed by atoms with Crippen LogP contribution in [0.2, 0.25) is 0 Å². The molecular formula is C30H32N2O2. The number of hydrogen-bond acceptors (Lipinski definition) is 4. The van der Waals surface area contributed by atoms with Crippen LogP contribution < -0.4 is 20.9 Å². The molecule has 4 N–H and O–H groups in total. The van der Waals surface area contributed by atoms with Crippen molar-refractivity contribution in [2.45, 2.75) is 32.6 Å². The number of rotatable bonds is 8. The first-order chi connectivity index (χ1) is 16.4. The van der Waals surface area contributed by atoms with Gasteiger partial charge in [-0.15, -0.1) is 0 Å². The van der Waals surface area contributed by atoms with Crippen molar-refractivity contribution in [3.63, 3.8) is 0 Å². The van der Waals surface area contributed by atoms with E-state index >= 15 is 0 Å². The largest absolute Gasteiger partial charge is 0.457 e. The molecule has 4 heteroatoms. The lowest BCUT2D eigenvalue weighted by Crippen LogP contribution is -2.33. The van der Waals surface area contributed by atoms with Crippen LogP contribution in [0.5, 0.6) is 23.0 Å². The van der Waals surface area contributed by atoms with Crippen molar-refractivity contribution >= 4 is 11.4 Å². The minimum Gasteiger partial charge on any atom is -0.457 e. The first kappa shape index (κ1) is 23.2. The molecule has 4 aromatic rings.